The molecule has 2 aromatic rings. The number of carbonyl (C=O) groups excluding carboxylic acids is 1. The standard InChI is InChI=1S/C25H29BFN3O2.C2H6.H2/c1-17-16-30(10-11-32-17)21-14-19(27)13-20(15-21)28-24(31)22-3-2-18(26)12-23(22)29-8-6-25(4-5-25)7-9-29;1-2;/h2-3,12-15,17H,4-11,16H2,1H3,(H,28,31);1-2H3;1H/t17-;;/m1../s1. The number of rotatable bonds is 4. The van der Waals surface area contributed by atoms with Crippen LogP contribution in [-0.2, 0) is 4.74 Å². The number of ether oxygens (including phenoxy) is 1. The highest BCUT2D eigenvalue weighted by atomic mass is 19.1. The van der Waals surface area contributed by atoms with Gasteiger partial charge in [-0.25, -0.2) is 4.39 Å². The number of benzene rings is 2. The van der Waals surface area contributed by atoms with Crippen LogP contribution in [0.5, 0.6) is 0 Å². The van der Waals surface area contributed by atoms with Crippen molar-refractivity contribution >= 4 is 36.3 Å². The van der Waals surface area contributed by atoms with Crippen LogP contribution in [0.15, 0.2) is 36.4 Å². The third-order valence-electron chi connectivity index (χ3n) is 7.13. The molecule has 1 aliphatic carbocycles. The Bertz CT molecular complexity index is 1020. The number of halogens is 1. The quantitative estimate of drug-likeness (QED) is 0.663. The molecule has 1 saturated carbocycles. The lowest BCUT2D eigenvalue weighted by Crippen LogP contribution is -2.41. The van der Waals surface area contributed by atoms with Crippen molar-refractivity contribution in [3.05, 3.63) is 47.8 Å². The summed E-state index contributed by atoms with van der Waals surface area (Å²) in [5.74, 6) is -0.626. The Morgan fingerprint density at radius 1 is 1.09 bits per heavy atom. The first-order valence-electron chi connectivity index (χ1n) is 12.5. The molecule has 0 unspecified atom stereocenters. The van der Waals surface area contributed by atoms with Crippen LogP contribution in [0.2, 0.25) is 0 Å². The molecular formula is C27H37BFN3O2. The average molecular weight is 465 g/mol. The van der Waals surface area contributed by atoms with Crippen molar-refractivity contribution in [2.45, 2.75) is 52.6 Å². The lowest BCUT2D eigenvalue weighted by atomic mass is 9.90. The first kappa shape index (κ1) is 24.6. The number of nitrogens with zero attached hydrogens (tertiary/aromatic N) is 2. The van der Waals surface area contributed by atoms with E-state index >= 15 is 0 Å². The van der Waals surface area contributed by atoms with E-state index in [2.05, 4.69) is 15.1 Å². The minimum Gasteiger partial charge on any atom is -0.375 e. The van der Waals surface area contributed by atoms with E-state index in [0.29, 0.717) is 41.8 Å². The van der Waals surface area contributed by atoms with Gasteiger partial charge in [0.1, 0.15) is 13.7 Å². The van der Waals surface area contributed by atoms with E-state index in [0.717, 1.165) is 37.3 Å². The summed E-state index contributed by atoms with van der Waals surface area (Å²) in [7, 11) is 6.06. The molecule has 3 aliphatic rings. The van der Waals surface area contributed by atoms with Crippen molar-refractivity contribution < 1.29 is 15.3 Å². The van der Waals surface area contributed by atoms with E-state index < -0.39 is 0 Å². The van der Waals surface area contributed by atoms with E-state index in [1.807, 2.05) is 32.9 Å². The molecule has 2 aromatic carbocycles. The van der Waals surface area contributed by atoms with Crippen LogP contribution < -0.4 is 20.6 Å². The van der Waals surface area contributed by atoms with Crippen molar-refractivity contribution in [2.24, 2.45) is 5.41 Å². The Balaban J connectivity index is 0.00000111. The fourth-order valence-electron chi connectivity index (χ4n) is 4.98. The first-order chi connectivity index (χ1) is 16.4. The number of piperidine rings is 1. The van der Waals surface area contributed by atoms with Crippen LogP contribution in [-0.4, -0.2) is 52.6 Å². The van der Waals surface area contributed by atoms with Crippen molar-refractivity contribution in [1.82, 2.24) is 0 Å². The molecule has 182 valence electrons. The molecule has 2 saturated heterocycles. The third-order valence-corrected chi connectivity index (χ3v) is 7.13. The Morgan fingerprint density at radius 2 is 1.82 bits per heavy atom. The summed E-state index contributed by atoms with van der Waals surface area (Å²) in [6.07, 6.45) is 5.06. The van der Waals surface area contributed by atoms with Gasteiger partial charge in [0, 0.05) is 44.7 Å². The molecule has 7 heteroatoms. The Labute approximate surface area is 205 Å². The topological polar surface area (TPSA) is 44.8 Å². The first-order valence-corrected chi connectivity index (χ1v) is 12.5. The van der Waals surface area contributed by atoms with Crippen LogP contribution in [0.25, 0.3) is 0 Å². The maximum atomic E-state index is 14.4. The molecule has 5 rings (SSSR count). The largest absolute Gasteiger partial charge is 0.375 e. The normalized spacial score (nSPS) is 21.0. The number of anilines is 3. The molecule has 2 heterocycles. The van der Waals surface area contributed by atoms with Crippen molar-refractivity contribution in [3.63, 3.8) is 0 Å². The zero-order valence-electron chi connectivity index (χ0n) is 20.6. The summed E-state index contributed by atoms with van der Waals surface area (Å²) in [5.41, 5.74) is 3.81. The molecule has 2 radical (unpaired) electrons. The maximum Gasteiger partial charge on any atom is 0.257 e. The minimum atomic E-state index is -0.375. The van der Waals surface area contributed by atoms with Gasteiger partial charge in [0.05, 0.1) is 18.3 Å². The van der Waals surface area contributed by atoms with Gasteiger partial charge in [-0.15, -0.1) is 0 Å². The van der Waals surface area contributed by atoms with Gasteiger partial charge in [0.2, 0.25) is 0 Å². The van der Waals surface area contributed by atoms with Crippen molar-refractivity contribution in [1.29, 1.82) is 0 Å². The number of carbonyl (C=O) groups is 1. The summed E-state index contributed by atoms with van der Waals surface area (Å²) in [6, 6.07) is 10.1. The van der Waals surface area contributed by atoms with E-state index in [1.54, 1.807) is 12.1 Å². The van der Waals surface area contributed by atoms with E-state index in [4.69, 9.17) is 12.6 Å². The van der Waals surface area contributed by atoms with Gasteiger partial charge in [-0.2, -0.15) is 0 Å². The van der Waals surface area contributed by atoms with E-state index in [9.17, 15) is 9.18 Å². The fourth-order valence-corrected chi connectivity index (χ4v) is 4.98. The highest BCUT2D eigenvalue weighted by Gasteiger charge is 2.44. The molecule has 0 bridgehead atoms. The molecular weight excluding hydrogens is 428 g/mol. The van der Waals surface area contributed by atoms with Gasteiger partial charge in [-0.1, -0.05) is 25.4 Å². The second-order valence-corrected chi connectivity index (χ2v) is 9.54. The predicted molar refractivity (Wildman–Crippen MR) is 140 cm³/mol. The second-order valence-electron chi connectivity index (χ2n) is 9.54. The zero-order valence-corrected chi connectivity index (χ0v) is 20.6. The van der Waals surface area contributed by atoms with E-state index in [1.165, 1.54) is 25.0 Å². The number of amides is 1. The lowest BCUT2D eigenvalue weighted by Gasteiger charge is -2.35. The monoisotopic (exact) mass is 465 g/mol. The molecule has 34 heavy (non-hydrogen) atoms. The zero-order chi connectivity index (χ0) is 24.3. The van der Waals surface area contributed by atoms with Gasteiger partial charge in [0.15, 0.2) is 0 Å². The fraction of sp³-hybridized carbons (Fsp3) is 0.519. The molecule has 1 atom stereocenters. The summed E-state index contributed by atoms with van der Waals surface area (Å²) in [5, 5.41) is 2.91. The predicted octanol–water partition coefficient (Wildman–Crippen LogP) is 4.75. The SMILES string of the molecule is CC.[B]c1ccc(C(=O)Nc2cc(F)cc(N3CCO[C@H](C)C3)c2)c(N2CCC3(CC2)CC3)c1.[HH]. The number of nitrogens with one attached hydrogen (secondary N) is 1. The van der Waals surface area contributed by atoms with Crippen molar-refractivity contribution in [3.8, 4) is 0 Å². The molecule has 5 nitrogen and oxygen atoms in total. The molecule has 1 N–H and O–H groups in total. The number of morpholine rings is 1. The summed E-state index contributed by atoms with van der Waals surface area (Å²) in [4.78, 5) is 17.6. The van der Waals surface area contributed by atoms with Gasteiger partial charge in [0.25, 0.3) is 5.91 Å². The van der Waals surface area contributed by atoms with Crippen LogP contribution >= 0.6 is 0 Å². The van der Waals surface area contributed by atoms with Gasteiger partial charge in [-0.05, 0) is 68.4 Å². The van der Waals surface area contributed by atoms with Crippen LogP contribution in [0.4, 0.5) is 21.5 Å². The maximum absolute atomic E-state index is 14.4. The lowest BCUT2D eigenvalue weighted by molar-refractivity contribution is 0.0532. The smallest absolute Gasteiger partial charge is 0.257 e. The van der Waals surface area contributed by atoms with Crippen LogP contribution in [0.1, 0.15) is 58.2 Å². The molecule has 2 aliphatic heterocycles. The minimum absolute atomic E-state index is 0. The number of hydrogen-bond acceptors (Lipinski definition) is 4. The highest BCUT2D eigenvalue weighted by molar-refractivity contribution is 6.33. The Kier molecular flexibility index (Phi) is 7.51. The summed E-state index contributed by atoms with van der Waals surface area (Å²) < 4.78 is 20.0. The summed E-state index contributed by atoms with van der Waals surface area (Å²) >= 11 is 0. The van der Waals surface area contributed by atoms with Crippen LogP contribution in [0.3, 0.4) is 0 Å². The van der Waals surface area contributed by atoms with Gasteiger partial charge in [-0.3, -0.25) is 4.79 Å². The molecule has 1 amide bonds. The van der Waals surface area contributed by atoms with Gasteiger partial charge >= 0.3 is 0 Å². The molecule has 1 spiro atoms. The Hall–Kier alpha value is -2.54. The molecule has 0 aromatic heterocycles. The second kappa shape index (κ2) is 10.4. The van der Waals surface area contributed by atoms with Crippen LogP contribution in [0, 0.1) is 11.2 Å². The van der Waals surface area contributed by atoms with E-state index in [-0.39, 0.29) is 19.3 Å². The van der Waals surface area contributed by atoms with Crippen molar-refractivity contribution in [2.75, 3.05) is 47.9 Å². The highest BCUT2D eigenvalue weighted by Crippen LogP contribution is 2.54. The molecule has 3 fully saturated rings. The Morgan fingerprint density at radius 3 is 2.50 bits per heavy atom. The third kappa shape index (κ3) is 5.57. The number of hydrogen-bond donors (Lipinski definition) is 1. The summed E-state index contributed by atoms with van der Waals surface area (Å²) in [6.45, 7) is 9.86. The average Bonchev–Trinajstić information content (AvgIpc) is 3.59. The van der Waals surface area contributed by atoms with Gasteiger partial charge < -0.3 is 19.9 Å².